The summed E-state index contributed by atoms with van der Waals surface area (Å²) in [6.07, 6.45) is 5.30. The number of halogens is 3. The second-order valence-electron chi connectivity index (χ2n) is 4.45. The first-order valence-electron chi connectivity index (χ1n) is 6.06. The molecule has 1 aliphatic rings. The van der Waals surface area contributed by atoms with Crippen molar-refractivity contribution in [2.24, 2.45) is 0 Å². The molecule has 2 rings (SSSR count). The molecule has 1 aromatic carbocycles. The highest BCUT2D eigenvalue weighted by Gasteiger charge is 2.25. The lowest BCUT2D eigenvalue weighted by Gasteiger charge is -2.28. The summed E-state index contributed by atoms with van der Waals surface area (Å²) in [4.78, 5) is 13.3. The van der Waals surface area contributed by atoms with Gasteiger partial charge in [0.15, 0.2) is 0 Å². The van der Waals surface area contributed by atoms with Crippen molar-refractivity contribution in [2.75, 3.05) is 5.88 Å². The van der Waals surface area contributed by atoms with Gasteiger partial charge in [-0.1, -0.05) is 18.2 Å². The van der Waals surface area contributed by atoms with Crippen molar-refractivity contribution in [3.05, 3.63) is 47.5 Å². The van der Waals surface area contributed by atoms with E-state index in [-0.39, 0.29) is 29.9 Å². The highest BCUT2D eigenvalue weighted by Crippen LogP contribution is 2.22. The van der Waals surface area contributed by atoms with Crippen molar-refractivity contribution in [3.63, 3.8) is 0 Å². The van der Waals surface area contributed by atoms with E-state index in [1.807, 2.05) is 12.2 Å². The Labute approximate surface area is 115 Å². The van der Waals surface area contributed by atoms with Gasteiger partial charge in [0.2, 0.25) is 5.91 Å². The molecule has 102 valence electrons. The molecule has 1 amide bonds. The Balaban J connectivity index is 2.22. The molecule has 5 heteroatoms. The largest absolute Gasteiger partial charge is 0.334 e. The smallest absolute Gasteiger partial charge is 0.238 e. The summed E-state index contributed by atoms with van der Waals surface area (Å²) >= 11 is 5.57. The van der Waals surface area contributed by atoms with E-state index >= 15 is 0 Å². The van der Waals surface area contributed by atoms with Crippen LogP contribution in [-0.2, 0) is 11.3 Å². The van der Waals surface area contributed by atoms with E-state index in [0.29, 0.717) is 12.8 Å². The van der Waals surface area contributed by atoms with Gasteiger partial charge in [0, 0.05) is 11.6 Å². The highest BCUT2D eigenvalue weighted by atomic mass is 35.5. The molecular weight excluding hydrogens is 272 g/mol. The number of hydrogen-bond acceptors (Lipinski definition) is 1. The molecule has 0 spiro atoms. The van der Waals surface area contributed by atoms with Crippen LogP contribution in [0.15, 0.2) is 30.4 Å². The van der Waals surface area contributed by atoms with E-state index in [4.69, 9.17) is 11.6 Å². The Kier molecular flexibility index (Phi) is 4.53. The van der Waals surface area contributed by atoms with Gasteiger partial charge in [0.05, 0.1) is 6.54 Å². The summed E-state index contributed by atoms with van der Waals surface area (Å²) in [5.74, 6) is -1.78. The predicted octanol–water partition coefficient (Wildman–Crippen LogP) is 3.25. The van der Waals surface area contributed by atoms with Gasteiger partial charge in [0.1, 0.15) is 17.5 Å². The zero-order valence-electron chi connectivity index (χ0n) is 10.3. The number of alkyl halides is 1. The van der Waals surface area contributed by atoms with Crippen molar-refractivity contribution >= 4 is 17.5 Å². The van der Waals surface area contributed by atoms with Crippen LogP contribution in [0.25, 0.3) is 0 Å². The van der Waals surface area contributed by atoms with Crippen LogP contribution < -0.4 is 0 Å². The monoisotopic (exact) mass is 285 g/mol. The molecule has 0 atom stereocenters. The Bertz CT molecular complexity index is 476. The molecule has 2 nitrogen and oxygen atoms in total. The third-order valence-electron chi connectivity index (χ3n) is 3.25. The quantitative estimate of drug-likeness (QED) is 0.614. The van der Waals surface area contributed by atoms with Crippen LogP contribution in [0.4, 0.5) is 8.78 Å². The van der Waals surface area contributed by atoms with Crippen LogP contribution in [0.1, 0.15) is 18.4 Å². The van der Waals surface area contributed by atoms with E-state index in [1.165, 1.54) is 23.1 Å². The van der Waals surface area contributed by atoms with E-state index in [1.54, 1.807) is 0 Å². The highest BCUT2D eigenvalue weighted by molar-refractivity contribution is 6.27. The molecule has 0 heterocycles. The molecule has 0 fully saturated rings. The van der Waals surface area contributed by atoms with Crippen LogP contribution in [-0.4, -0.2) is 22.7 Å². The molecule has 0 aliphatic heterocycles. The lowest BCUT2D eigenvalue weighted by molar-refractivity contribution is -0.131. The molecule has 0 aromatic heterocycles. The normalized spacial score (nSPS) is 14.9. The molecule has 0 radical (unpaired) electrons. The number of hydrogen-bond donors (Lipinski definition) is 0. The Hall–Kier alpha value is -1.42. The van der Waals surface area contributed by atoms with Gasteiger partial charge in [-0.05, 0) is 25.0 Å². The van der Waals surface area contributed by atoms with Gasteiger partial charge in [-0.25, -0.2) is 8.78 Å². The zero-order chi connectivity index (χ0) is 13.8. The summed E-state index contributed by atoms with van der Waals surface area (Å²) < 4.78 is 27.3. The standard InChI is InChI=1S/C14H14ClF2NO/c15-8-14(19)18(10-4-1-2-5-10)9-11-12(16)6-3-7-13(11)17/h1-3,6-7,10H,4-5,8-9H2. The number of nitrogens with zero attached hydrogens (tertiary/aromatic N) is 1. The first-order chi connectivity index (χ1) is 9.13. The molecular formula is C14H14ClF2NO. The maximum Gasteiger partial charge on any atom is 0.238 e. The summed E-state index contributed by atoms with van der Waals surface area (Å²) in [7, 11) is 0. The van der Waals surface area contributed by atoms with E-state index in [9.17, 15) is 13.6 Å². The fourth-order valence-corrected chi connectivity index (χ4v) is 2.36. The van der Waals surface area contributed by atoms with Gasteiger partial charge in [0.25, 0.3) is 0 Å². The van der Waals surface area contributed by atoms with Crippen molar-refractivity contribution < 1.29 is 13.6 Å². The Morgan fingerprint density at radius 3 is 2.37 bits per heavy atom. The fourth-order valence-electron chi connectivity index (χ4n) is 2.21. The second kappa shape index (κ2) is 6.15. The van der Waals surface area contributed by atoms with Gasteiger partial charge in [-0.2, -0.15) is 0 Å². The number of amides is 1. The lowest BCUT2D eigenvalue weighted by atomic mass is 10.1. The van der Waals surface area contributed by atoms with E-state index in [0.717, 1.165) is 0 Å². The molecule has 0 saturated heterocycles. The minimum atomic E-state index is -0.640. The maximum absolute atomic E-state index is 13.6. The minimum Gasteiger partial charge on any atom is -0.334 e. The van der Waals surface area contributed by atoms with Gasteiger partial charge >= 0.3 is 0 Å². The second-order valence-corrected chi connectivity index (χ2v) is 4.72. The summed E-state index contributed by atoms with van der Waals surface area (Å²) in [5, 5.41) is 0. The van der Waals surface area contributed by atoms with Gasteiger partial charge < -0.3 is 4.90 Å². The first-order valence-corrected chi connectivity index (χ1v) is 6.60. The van der Waals surface area contributed by atoms with Gasteiger partial charge in [-0.15, -0.1) is 11.6 Å². The van der Waals surface area contributed by atoms with Crippen molar-refractivity contribution in [3.8, 4) is 0 Å². The Morgan fingerprint density at radius 1 is 1.26 bits per heavy atom. The molecule has 0 N–H and O–H groups in total. The van der Waals surface area contributed by atoms with Crippen LogP contribution >= 0.6 is 11.6 Å². The van der Waals surface area contributed by atoms with Crippen LogP contribution in [0, 0.1) is 11.6 Å². The molecule has 0 unspecified atom stereocenters. The number of benzene rings is 1. The maximum atomic E-state index is 13.6. The van der Waals surface area contributed by atoms with Crippen molar-refractivity contribution in [1.29, 1.82) is 0 Å². The van der Waals surface area contributed by atoms with Crippen molar-refractivity contribution in [1.82, 2.24) is 4.90 Å². The summed E-state index contributed by atoms with van der Waals surface area (Å²) in [6.45, 7) is -0.0869. The van der Waals surface area contributed by atoms with Crippen LogP contribution in [0.3, 0.4) is 0 Å². The topological polar surface area (TPSA) is 20.3 Å². The number of rotatable bonds is 4. The van der Waals surface area contributed by atoms with E-state index < -0.39 is 11.6 Å². The van der Waals surface area contributed by atoms with E-state index in [2.05, 4.69) is 0 Å². The molecule has 19 heavy (non-hydrogen) atoms. The molecule has 0 bridgehead atoms. The van der Waals surface area contributed by atoms with Crippen LogP contribution in [0.2, 0.25) is 0 Å². The molecule has 1 aromatic rings. The summed E-state index contributed by atoms with van der Waals surface area (Å²) in [6, 6.07) is 3.62. The zero-order valence-corrected chi connectivity index (χ0v) is 11.0. The third-order valence-corrected chi connectivity index (χ3v) is 3.48. The average Bonchev–Trinajstić information content (AvgIpc) is 2.91. The molecule has 1 aliphatic carbocycles. The predicted molar refractivity (Wildman–Crippen MR) is 69.8 cm³/mol. The SMILES string of the molecule is O=C(CCl)N(Cc1c(F)cccc1F)C1CC=CC1. The van der Waals surface area contributed by atoms with Crippen LogP contribution in [0.5, 0.6) is 0 Å². The third kappa shape index (κ3) is 3.13. The summed E-state index contributed by atoms with van der Waals surface area (Å²) in [5.41, 5.74) is -0.0899. The average molecular weight is 286 g/mol. The molecule has 0 saturated carbocycles. The lowest BCUT2D eigenvalue weighted by Crippen LogP contribution is -2.39. The number of carbonyl (C=O) groups excluding carboxylic acids is 1. The number of carbonyl (C=O) groups is 1. The van der Waals surface area contributed by atoms with Crippen molar-refractivity contribution in [2.45, 2.75) is 25.4 Å². The first kappa shape index (κ1) is 14.0. The van der Waals surface area contributed by atoms with Gasteiger partial charge in [-0.3, -0.25) is 4.79 Å². The minimum absolute atomic E-state index is 0.0646. The Morgan fingerprint density at radius 2 is 1.84 bits per heavy atom. The fraction of sp³-hybridized carbons (Fsp3) is 0.357.